The molecule has 2 heterocycles. The summed E-state index contributed by atoms with van der Waals surface area (Å²) in [6.07, 6.45) is 2.12. The number of benzene rings is 1. The molecule has 3 rings (SSSR count). The topological polar surface area (TPSA) is 45.2 Å². The summed E-state index contributed by atoms with van der Waals surface area (Å²) < 4.78 is 37.9. The normalized spacial score (nSPS) is 18.5. The first-order valence-electron chi connectivity index (χ1n) is 7.25. The zero-order chi connectivity index (χ0) is 17.2. The summed E-state index contributed by atoms with van der Waals surface area (Å²) in [6, 6.07) is 8.34. The van der Waals surface area contributed by atoms with Gasteiger partial charge in [0.25, 0.3) is 5.91 Å². The maximum Gasteiger partial charge on any atom is 0.416 e. The quantitative estimate of drug-likeness (QED) is 0.938. The van der Waals surface area contributed by atoms with E-state index in [0.717, 1.165) is 17.7 Å². The van der Waals surface area contributed by atoms with Crippen molar-refractivity contribution in [3.05, 3.63) is 77.6 Å². The Labute approximate surface area is 136 Å². The van der Waals surface area contributed by atoms with Crippen LogP contribution in [0.5, 0.6) is 0 Å². The Morgan fingerprint density at radius 3 is 2.38 bits per heavy atom. The second-order valence-corrected chi connectivity index (χ2v) is 5.38. The van der Waals surface area contributed by atoms with Crippen molar-refractivity contribution in [2.45, 2.75) is 18.8 Å². The van der Waals surface area contributed by atoms with E-state index in [0.29, 0.717) is 5.56 Å². The maximum absolute atomic E-state index is 12.6. The zero-order valence-corrected chi connectivity index (χ0v) is 12.5. The largest absolute Gasteiger partial charge is 0.416 e. The number of pyridine rings is 1. The lowest BCUT2D eigenvalue weighted by Gasteiger charge is -2.32. The molecule has 1 unspecified atom stereocenters. The molecule has 0 aliphatic carbocycles. The van der Waals surface area contributed by atoms with Crippen LogP contribution in [0.15, 0.2) is 60.9 Å². The zero-order valence-electron chi connectivity index (χ0n) is 12.5. The number of aromatic nitrogens is 1. The van der Waals surface area contributed by atoms with E-state index < -0.39 is 11.7 Å². The number of hydrogen-bond donors (Lipinski definition) is 1. The van der Waals surface area contributed by atoms with Crippen molar-refractivity contribution in [1.82, 2.24) is 15.4 Å². The molecule has 0 bridgehead atoms. The van der Waals surface area contributed by atoms with Gasteiger partial charge in [-0.2, -0.15) is 13.2 Å². The molecule has 1 atom stereocenters. The standard InChI is InChI=1S/C17H14F3N3O/c18-17(19,20)14-3-1-12(2-4-14)11-23-15(5-6-16(24)22-23)13-7-9-21-10-8-13/h1-10,15H,11H2,(H,22,24). The smallest absolute Gasteiger partial charge is 0.284 e. The van der Waals surface area contributed by atoms with Gasteiger partial charge in [-0.1, -0.05) is 18.2 Å². The monoisotopic (exact) mass is 333 g/mol. The van der Waals surface area contributed by atoms with Gasteiger partial charge in [-0.15, -0.1) is 0 Å². The Morgan fingerprint density at radius 2 is 1.75 bits per heavy atom. The number of hydrazine groups is 1. The average molecular weight is 333 g/mol. The van der Waals surface area contributed by atoms with Crippen LogP contribution < -0.4 is 5.43 Å². The van der Waals surface area contributed by atoms with E-state index in [9.17, 15) is 18.0 Å². The summed E-state index contributed by atoms with van der Waals surface area (Å²) in [5.41, 5.74) is 3.62. The van der Waals surface area contributed by atoms with Crippen molar-refractivity contribution in [1.29, 1.82) is 0 Å². The molecule has 1 aliphatic rings. The number of alkyl halides is 3. The number of hydrogen-bond acceptors (Lipinski definition) is 3. The van der Waals surface area contributed by atoms with E-state index in [1.54, 1.807) is 23.5 Å². The second-order valence-electron chi connectivity index (χ2n) is 5.38. The highest BCUT2D eigenvalue weighted by Crippen LogP contribution is 2.30. The molecule has 124 valence electrons. The fourth-order valence-corrected chi connectivity index (χ4v) is 2.52. The van der Waals surface area contributed by atoms with Crippen molar-refractivity contribution in [3.63, 3.8) is 0 Å². The highest BCUT2D eigenvalue weighted by molar-refractivity contribution is 5.88. The molecule has 1 N–H and O–H groups in total. The lowest BCUT2D eigenvalue weighted by atomic mass is 10.0. The molecule has 0 radical (unpaired) electrons. The third-order valence-corrected chi connectivity index (χ3v) is 3.70. The number of amides is 1. The van der Waals surface area contributed by atoms with E-state index in [-0.39, 0.29) is 18.5 Å². The summed E-state index contributed by atoms with van der Waals surface area (Å²) in [5.74, 6) is -0.271. The molecule has 2 aromatic rings. The van der Waals surface area contributed by atoms with Gasteiger partial charge < -0.3 is 0 Å². The number of nitrogens with one attached hydrogen (secondary N) is 1. The average Bonchev–Trinajstić information content (AvgIpc) is 2.55. The fourth-order valence-electron chi connectivity index (χ4n) is 2.52. The fraction of sp³-hybridized carbons (Fsp3) is 0.176. The molecule has 7 heteroatoms. The lowest BCUT2D eigenvalue weighted by Crippen LogP contribution is -2.45. The van der Waals surface area contributed by atoms with Gasteiger partial charge in [0.05, 0.1) is 11.6 Å². The number of halogens is 3. The number of nitrogens with zero attached hydrogens (tertiary/aromatic N) is 2. The molecule has 1 amide bonds. The van der Waals surface area contributed by atoms with E-state index in [2.05, 4.69) is 10.4 Å². The predicted molar refractivity (Wildman–Crippen MR) is 81.2 cm³/mol. The first-order chi connectivity index (χ1) is 11.4. The van der Waals surface area contributed by atoms with Crippen LogP contribution in [0.25, 0.3) is 0 Å². The molecule has 1 aromatic carbocycles. The minimum Gasteiger partial charge on any atom is -0.284 e. The number of rotatable bonds is 3. The predicted octanol–water partition coefficient (Wildman–Crippen LogP) is 3.24. The van der Waals surface area contributed by atoms with Gasteiger partial charge in [0.2, 0.25) is 0 Å². The van der Waals surface area contributed by atoms with Crippen molar-refractivity contribution >= 4 is 5.91 Å². The molecular formula is C17H14F3N3O. The lowest BCUT2D eigenvalue weighted by molar-refractivity contribution is -0.137. The summed E-state index contributed by atoms with van der Waals surface area (Å²) in [5, 5.41) is 1.68. The second kappa shape index (κ2) is 6.45. The van der Waals surface area contributed by atoms with Crippen LogP contribution in [0.2, 0.25) is 0 Å². The molecule has 4 nitrogen and oxygen atoms in total. The van der Waals surface area contributed by atoms with Crippen LogP contribution in [0.1, 0.15) is 22.7 Å². The van der Waals surface area contributed by atoms with E-state index >= 15 is 0 Å². The molecule has 0 fully saturated rings. The Kier molecular flexibility index (Phi) is 4.35. The van der Waals surface area contributed by atoms with Gasteiger partial charge in [0.1, 0.15) is 0 Å². The van der Waals surface area contributed by atoms with E-state index in [4.69, 9.17) is 0 Å². The molecule has 1 aromatic heterocycles. The van der Waals surface area contributed by atoms with E-state index in [1.165, 1.54) is 18.2 Å². The van der Waals surface area contributed by atoms with Crippen LogP contribution in [-0.4, -0.2) is 15.9 Å². The molecule has 0 saturated heterocycles. The van der Waals surface area contributed by atoms with Gasteiger partial charge in [-0.25, -0.2) is 5.01 Å². The summed E-state index contributed by atoms with van der Waals surface area (Å²) in [6.45, 7) is 0.279. The maximum atomic E-state index is 12.6. The van der Waals surface area contributed by atoms with Gasteiger partial charge in [-0.05, 0) is 35.4 Å². The Balaban J connectivity index is 1.81. The van der Waals surface area contributed by atoms with Gasteiger partial charge >= 0.3 is 6.18 Å². The number of carbonyl (C=O) groups excluding carboxylic acids is 1. The SMILES string of the molecule is O=C1C=CC(c2ccncc2)N(Cc2ccc(C(F)(F)F)cc2)N1. The molecule has 24 heavy (non-hydrogen) atoms. The first kappa shape index (κ1) is 16.2. The summed E-state index contributed by atoms with van der Waals surface area (Å²) >= 11 is 0. The first-order valence-corrected chi connectivity index (χ1v) is 7.25. The van der Waals surface area contributed by atoms with Crippen molar-refractivity contribution in [3.8, 4) is 0 Å². The van der Waals surface area contributed by atoms with Crippen molar-refractivity contribution < 1.29 is 18.0 Å². The minimum absolute atomic E-state index is 0.215. The van der Waals surface area contributed by atoms with E-state index in [1.807, 2.05) is 12.1 Å². The third kappa shape index (κ3) is 3.62. The Bertz CT molecular complexity index is 742. The van der Waals surface area contributed by atoms with Crippen LogP contribution >= 0.6 is 0 Å². The third-order valence-electron chi connectivity index (χ3n) is 3.70. The van der Waals surface area contributed by atoms with Crippen LogP contribution in [-0.2, 0) is 17.5 Å². The molecule has 0 spiro atoms. The van der Waals surface area contributed by atoms with Gasteiger partial charge in [0.15, 0.2) is 0 Å². The molecule has 1 aliphatic heterocycles. The Morgan fingerprint density at radius 1 is 1.08 bits per heavy atom. The number of carbonyl (C=O) groups is 1. The Hall–Kier alpha value is -2.67. The van der Waals surface area contributed by atoms with Crippen LogP contribution in [0, 0.1) is 0 Å². The van der Waals surface area contributed by atoms with Gasteiger partial charge in [-0.3, -0.25) is 15.2 Å². The van der Waals surface area contributed by atoms with Crippen LogP contribution in [0.3, 0.4) is 0 Å². The van der Waals surface area contributed by atoms with Gasteiger partial charge in [0, 0.05) is 25.0 Å². The van der Waals surface area contributed by atoms with Crippen molar-refractivity contribution in [2.24, 2.45) is 0 Å². The highest BCUT2D eigenvalue weighted by atomic mass is 19.4. The minimum atomic E-state index is -4.36. The molecular weight excluding hydrogens is 319 g/mol. The summed E-state index contributed by atoms with van der Waals surface area (Å²) in [7, 11) is 0. The van der Waals surface area contributed by atoms with Crippen LogP contribution in [0.4, 0.5) is 13.2 Å². The molecule has 0 saturated carbocycles. The summed E-state index contributed by atoms with van der Waals surface area (Å²) in [4.78, 5) is 15.6. The highest BCUT2D eigenvalue weighted by Gasteiger charge is 2.30. The van der Waals surface area contributed by atoms with Crippen molar-refractivity contribution in [2.75, 3.05) is 0 Å².